The highest BCUT2D eigenvalue weighted by molar-refractivity contribution is 5.93. The molecule has 0 aliphatic carbocycles. The van der Waals surface area contributed by atoms with Crippen molar-refractivity contribution in [3.05, 3.63) is 72.3 Å². The van der Waals surface area contributed by atoms with E-state index in [2.05, 4.69) is 20.8 Å². The van der Waals surface area contributed by atoms with Gasteiger partial charge in [-0.15, -0.1) is 5.10 Å². The van der Waals surface area contributed by atoms with E-state index in [1.165, 1.54) is 29.2 Å². The highest BCUT2D eigenvalue weighted by Gasteiger charge is 2.22. The van der Waals surface area contributed by atoms with Crippen LogP contribution in [0.2, 0.25) is 0 Å². The third-order valence-corrected chi connectivity index (χ3v) is 3.35. The minimum atomic E-state index is -0.629. The van der Waals surface area contributed by atoms with E-state index in [1.807, 2.05) is 30.3 Å². The number of hydrogen-bond donors (Lipinski definition) is 1. The van der Waals surface area contributed by atoms with Crippen LogP contribution in [-0.4, -0.2) is 26.1 Å². The summed E-state index contributed by atoms with van der Waals surface area (Å²) in [6.45, 7) is 0. The molecule has 1 heterocycles. The van der Waals surface area contributed by atoms with Gasteiger partial charge in [0.25, 0.3) is 0 Å². The normalized spacial score (nSPS) is 11.9. The molecule has 1 N–H and O–H groups in total. The number of nitrogens with one attached hydrogen (secondary N) is 1. The van der Waals surface area contributed by atoms with Crippen LogP contribution in [0.4, 0.5) is 10.1 Å². The minimum Gasteiger partial charge on any atom is -0.324 e. The number of aromatic nitrogens is 4. The Kier molecular flexibility index (Phi) is 4.37. The zero-order valence-electron chi connectivity index (χ0n) is 12.1. The van der Waals surface area contributed by atoms with Gasteiger partial charge in [0.15, 0.2) is 0 Å². The van der Waals surface area contributed by atoms with Crippen LogP contribution in [-0.2, 0) is 11.2 Å². The minimum absolute atomic E-state index is 0.313. The number of halogens is 1. The first-order valence-corrected chi connectivity index (χ1v) is 7.05. The molecule has 0 fully saturated rings. The Hall–Kier alpha value is -3.09. The van der Waals surface area contributed by atoms with Gasteiger partial charge in [0, 0.05) is 12.1 Å². The summed E-state index contributed by atoms with van der Waals surface area (Å²) >= 11 is 0. The molecule has 2 aromatic carbocycles. The van der Waals surface area contributed by atoms with Gasteiger partial charge < -0.3 is 5.32 Å². The number of carbonyl (C=O) groups is 1. The van der Waals surface area contributed by atoms with Crippen molar-refractivity contribution in [2.45, 2.75) is 12.5 Å². The van der Waals surface area contributed by atoms with Crippen molar-refractivity contribution in [3.63, 3.8) is 0 Å². The Bertz CT molecular complexity index is 776. The summed E-state index contributed by atoms with van der Waals surface area (Å²) < 4.78 is 14.6. The van der Waals surface area contributed by atoms with Crippen LogP contribution < -0.4 is 5.32 Å². The van der Waals surface area contributed by atoms with E-state index in [9.17, 15) is 9.18 Å². The topological polar surface area (TPSA) is 72.7 Å². The molecule has 0 bridgehead atoms. The van der Waals surface area contributed by atoms with Gasteiger partial charge in [0.1, 0.15) is 18.2 Å². The van der Waals surface area contributed by atoms with E-state index < -0.39 is 11.9 Å². The first-order chi connectivity index (χ1) is 11.2. The molecule has 116 valence electrons. The second-order valence-corrected chi connectivity index (χ2v) is 4.99. The number of tetrazole rings is 1. The molecule has 0 aliphatic rings. The Morgan fingerprint density at radius 3 is 2.70 bits per heavy atom. The van der Waals surface area contributed by atoms with Crippen LogP contribution in [0.3, 0.4) is 0 Å². The molecule has 23 heavy (non-hydrogen) atoms. The van der Waals surface area contributed by atoms with Gasteiger partial charge in [-0.2, -0.15) is 0 Å². The summed E-state index contributed by atoms with van der Waals surface area (Å²) in [4.78, 5) is 12.6. The lowest BCUT2D eigenvalue weighted by Crippen LogP contribution is -2.28. The summed E-state index contributed by atoms with van der Waals surface area (Å²) in [6, 6.07) is 14.7. The standard InChI is InChI=1S/C16H14FN5O/c17-13-7-4-8-14(10-13)19-16(23)15(22-11-18-20-21-22)9-12-5-2-1-3-6-12/h1-8,10-11,15H,9H2,(H,19,23). The molecule has 0 radical (unpaired) electrons. The molecular formula is C16H14FN5O. The van der Waals surface area contributed by atoms with Crippen molar-refractivity contribution in [2.75, 3.05) is 5.32 Å². The molecule has 1 unspecified atom stereocenters. The first-order valence-electron chi connectivity index (χ1n) is 7.05. The fourth-order valence-corrected chi connectivity index (χ4v) is 2.25. The van der Waals surface area contributed by atoms with Crippen molar-refractivity contribution < 1.29 is 9.18 Å². The average Bonchev–Trinajstić information content (AvgIpc) is 3.07. The lowest BCUT2D eigenvalue weighted by molar-refractivity contribution is -0.119. The summed E-state index contributed by atoms with van der Waals surface area (Å²) in [7, 11) is 0. The molecule has 0 spiro atoms. The lowest BCUT2D eigenvalue weighted by Gasteiger charge is -2.16. The molecule has 1 amide bonds. The molecule has 0 aliphatic heterocycles. The molecule has 0 saturated heterocycles. The Morgan fingerprint density at radius 1 is 1.17 bits per heavy atom. The molecule has 1 aromatic heterocycles. The van der Waals surface area contributed by atoms with Gasteiger partial charge in [-0.3, -0.25) is 4.79 Å². The predicted molar refractivity (Wildman–Crippen MR) is 82.0 cm³/mol. The molecule has 3 rings (SSSR count). The highest BCUT2D eigenvalue weighted by atomic mass is 19.1. The third kappa shape index (κ3) is 3.76. The molecule has 1 atom stereocenters. The van der Waals surface area contributed by atoms with E-state index in [0.29, 0.717) is 12.1 Å². The van der Waals surface area contributed by atoms with Gasteiger partial charge in [-0.25, -0.2) is 9.07 Å². The van der Waals surface area contributed by atoms with Gasteiger partial charge in [-0.1, -0.05) is 36.4 Å². The fraction of sp³-hybridized carbons (Fsp3) is 0.125. The summed E-state index contributed by atoms with van der Waals surface area (Å²) in [5.74, 6) is -0.725. The van der Waals surface area contributed by atoms with Gasteiger partial charge in [0.2, 0.25) is 5.91 Å². The smallest absolute Gasteiger partial charge is 0.249 e. The molecular weight excluding hydrogens is 297 g/mol. The van der Waals surface area contributed by atoms with Crippen LogP contribution in [0.25, 0.3) is 0 Å². The Labute approximate surface area is 132 Å². The van der Waals surface area contributed by atoms with Crippen molar-refractivity contribution in [2.24, 2.45) is 0 Å². The van der Waals surface area contributed by atoms with Crippen molar-refractivity contribution in [3.8, 4) is 0 Å². The van der Waals surface area contributed by atoms with Gasteiger partial charge in [-0.05, 0) is 34.2 Å². The second-order valence-electron chi connectivity index (χ2n) is 4.99. The molecule has 0 saturated carbocycles. The maximum absolute atomic E-state index is 13.3. The van der Waals surface area contributed by atoms with Crippen molar-refractivity contribution >= 4 is 11.6 Å². The largest absolute Gasteiger partial charge is 0.324 e. The van der Waals surface area contributed by atoms with E-state index in [0.717, 1.165) is 5.56 Å². The second kappa shape index (κ2) is 6.78. The van der Waals surface area contributed by atoms with E-state index in [1.54, 1.807) is 6.07 Å². The summed E-state index contributed by atoms with van der Waals surface area (Å²) in [5.41, 5.74) is 1.36. The monoisotopic (exact) mass is 311 g/mol. The quantitative estimate of drug-likeness (QED) is 0.784. The average molecular weight is 311 g/mol. The maximum atomic E-state index is 13.3. The summed E-state index contributed by atoms with van der Waals surface area (Å²) in [6.07, 6.45) is 1.81. The number of benzene rings is 2. The number of nitrogens with zero attached hydrogens (tertiary/aromatic N) is 4. The number of hydrogen-bond acceptors (Lipinski definition) is 4. The Balaban J connectivity index is 1.82. The molecule has 3 aromatic rings. The lowest BCUT2D eigenvalue weighted by atomic mass is 10.1. The number of amides is 1. The predicted octanol–water partition coefficient (Wildman–Crippen LogP) is 2.23. The van der Waals surface area contributed by atoms with Crippen LogP contribution in [0.15, 0.2) is 60.9 Å². The zero-order valence-corrected chi connectivity index (χ0v) is 12.1. The van der Waals surface area contributed by atoms with E-state index in [4.69, 9.17) is 0 Å². The number of rotatable bonds is 5. The van der Waals surface area contributed by atoms with Gasteiger partial charge in [0.05, 0.1) is 0 Å². The van der Waals surface area contributed by atoms with Crippen molar-refractivity contribution in [1.29, 1.82) is 0 Å². The van der Waals surface area contributed by atoms with Crippen LogP contribution >= 0.6 is 0 Å². The van der Waals surface area contributed by atoms with Gasteiger partial charge >= 0.3 is 0 Å². The van der Waals surface area contributed by atoms with Crippen LogP contribution in [0, 0.1) is 5.82 Å². The Morgan fingerprint density at radius 2 is 2.00 bits per heavy atom. The molecule has 6 nitrogen and oxygen atoms in total. The SMILES string of the molecule is O=C(Nc1cccc(F)c1)C(Cc1ccccc1)n1cnnn1. The first kappa shape index (κ1) is 14.8. The number of carbonyl (C=O) groups excluding carboxylic acids is 1. The fourth-order valence-electron chi connectivity index (χ4n) is 2.25. The van der Waals surface area contributed by atoms with Crippen LogP contribution in [0.5, 0.6) is 0 Å². The zero-order chi connectivity index (χ0) is 16.1. The van der Waals surface area contributed by atoms with Crippen LogP contribution in [0.1, 0.15) is 11.6 Å². The third-order valence-electron chi connectivity index (χ3n) is 3.35. The maximum Gasteiger partial charge on any atom is 0.249 e. The molecule has 7 heteroatoms. The van der Waals surface area contributed by atoms with Crippen molar-refractivity contribution in [1.82, 2.24) is 20.2 Å². The summed E-state index contributed by atoms with van der Waals surface area (Å²) in [5, 5.41) is 13.7. The van der Waals surface area contributed by atoms with E-state index in [-0.39, 0.29) is 5.91 Å². The highest BCUT2D eigenvalue weighted by Crippen LogP contribution is 2.17. The number of anilines is 1. The van der Waals surface area contributed by atoms with E-state index >= 15 is 0 Å².